The van der Waals surface area contributed by atoms with Crippen LogP contribution >= 0.6 is 0 Å². The van der Waals surface area contributed by atoms with Crippen LogP contribution < -0.4 is 9.47 Å². The first-order valence-electron chi connectivity index (χ1n) is 9.72. The summed E-state index contributed by atoms with van der Waals surface area (Å²) in [7, 11) is 3.19. The summed E-state index contributed by atoms with van der Waals surface area (Å²) < 4.78 is 10.9. The Balaban J connectivity index is 1.58. The molecule has 0 aliphatic carbocycles. The van der Waals surface area contributed by atoms with E-state index in [1.54, 1.807) is 14.2 Å². The molecule has 0 spiro atoms. The highest BCUT2D eigenvalue weighted by molar-refractivity contribution is 5.98. The predicted octanol–water partition coefficient (Wildman–Crippen LogP) is 4.56. The zero-order valence-corrected chi connectivity index (χ0v) is 16.3. The van der Waals surface area contributed by atoms with E-state index in [-0.39, 0.29) is 5.91 Å². The Kier molecular flexibility index (Phi) is 4.81. The fraction of sp³-hybridized carbons (Fsp3) is 0.435. The molecule has 2 saturated heterocycles. The van der Waals surface area contributed by atoms with Crippen LogP contribution in [0, 0.1) is 6.92 Å². The number of carbonyl (C=O) groups excluding carboxylic acids is 1. The maximum Gasteiger partial charge on any atom is 0.258 e. The van der Waals surface area contributed by atoms with E-state index in [2.05, 4.69) is 36.1 Å². The Morgan fingerprint density at radius 1 is 0.963 bits per heavy atom. The van der Waals surface area contributed by atoms with Gasteiger partial charge in [-0.15, -0.1) is 0 Å². The van der Waals surface area contributed by atoms with Crippen LogP contribution in [0.4, 0.5) is 0 Å². The number of fused-ring (bicyclic) bond motifs is 2. The molecule has 4 nitrogen and oxygen atoms in total. The van der Waals surface area contributed by atoms with Crippen LogP contribution in [-0.4, -0.2) is 37.1 Å². The average molecular weight is 365 g/mol. The van der Waals surface area contributed by atoms with Crippen LogP contribution in [0.15, 0.2) is 42.5 Å². The number of carbonyl (C=O) groups is 1. The van der Waals surface area contributed by atoms with Gasteiger partial charge in [-0.3, -0.25) is 4.79 Å². The summed E-state index contributed by atoms with van der Waals surface area (Å²) in [6, 6.07) is 15.0. The number of nitrogens with zero attached hydrogens (tertiary/aromatic N) is 1. The van der Waals surface area contributed by atoms with Crippen LogP contribution in [0.3, 0.4) is 0 Å². The lowest BCUT2D eigenvalue weighted by molar-refractivity contribution is 0.0567. The van der Waals surface area contributed by atoms with Crippen molar-refractivity contribution in [3.63, 3.8) is 0 Å². The minimum Gasteiger partial charge on any atom is -0.493 e. The predicted molar refractivity (Wildman–Crippen MR) is 106 cm³/mol. The fourth-order valence-electron chi connectivity index (χ4n) is 4.81. The highest BCUT2D eigenvalue weighted by atomic mass is 16.5. The third-order valence-corrected chi connectivity index (χ3v) is 6.15. The van der Waals surface area contributed by atoms with Crippen LogP contribution in [0.25, 0.3) is 0 Å². The van der Waals surface area contributed by atoms with E-state index in [1.165, 1.54) is 11.1 Å². The van der Waals surface area contributed by atoms with Crippen molar-refractivity contribution in [1.29, 1.82) is 0 Å². The van der Waals surface area contributed by atoms with Gasteiger partial charge in [0.1, 0.15) is 0 Å². The molecular formula is C23H27NO3. The second-order valence-electron chi connectivity index (χ2n) is 7.72. The fourth-order valence-corrected chi connectivity index (χ4v) is 4.81. The van der Waals surface area contributed by atoms with E-state index in [0.29, 0.717) is 35.1 Å². The standard InChI is InChI=1S/C23H27NO3/c1-15-7-9-16(10-8-15)17-13-18-11-12-19(14-17)24(18)23(25)20-5-4-6-21(26-2)22(20)27-3/h4-10,17-19H,11-14H2,1-3H3/t17?,18-,19+. The van der Waals surface area contributed by atoms with E-state index in [4.69, 9.17) is 9.47 Å². The van der Waals surface area contributed by atoms with Gasteiger partial charge in [0.15, 0.2) is 11.5 Å². The van der Waals surface area contributed by atoms with E-state index in [9.17, 15) is 4.79 Å². The molecule has 142 valence electrons. The highest BCUT2D eigenvalue weighted by Gasteiger charge is 2.44. The van der Waals surface area contributed by atoms with Crippen molar-refractivity contribution in [2.75, 3.05) is 14.2 Å². The van der Waals surface area contributed by atoms with Crippen molar-refractivity contribution in [2.24, 2.45) is 0 Å². The SMILES string of the molecule is COc1cccc(C(=O)N2[C@@H]3CC[C@H]2CC(c2ccc(C)cc2)C3)c1OC. The Morgan fingerprint density at radius 2 is 1.63 bits per heavy atom. The summed E-state index contributed by atoms with van der Waals surface area (Å²) in [5, 5.41) is 0. The van der Waals surface area contributed by atoms with Gasteiger partial charge in [0.25, 0.3) is 5.91 Å². The molecule has 0 saturated carbocycles. The Labute approximate surface area is 161 Å². The summed E-state index contributed by atoms with van der Waals surface area (Å²) in [5.41, 5.74) is 3.30. The quantitative estimate of drug-likeness (QED) is 0.797. The Bertz CT molecular complexity index is 816. The van der Waals surface area contributed by atoms with Crippen LogP contribution in [0.1, 0.15) is 53.1 Å². The second kappa shape index (κ2) is 7.26. The van der Waals surface area contributed by atoms with Crippen LogP contribution in [-0.2, 0) is 0 Å². The van der Waals surface area contributed by atoms with Crippen molar-refractivity contribution in [3.05, 3.63) is 59.2 Å². The van der Waals surface area contributed by atoms with E-state index >= 15 is 0 Å². The largest absolute Gasteiger partial charge is 0.493 e. The smallest absolute Gasteiger partial charge is 0.258 e. The number of hydrogen-bond acceptors (Lipinski definition) is 3. The molecule has 2 aliphatic heterocycles. The molecule has 0 radical (unpaired) electrons. The van der Waals surface area contributed by atoms with Crippen molar-refractivity contribution in [3.8, 4) is 11.5 Å². The molecule has 3 atom stereocenters. The molecule has 2 fully saturated rings. The monoisotopic (exact) mass is 365 g/mol. The molecule has 2 bridgehead atoms. The van der Waals surface area contributed by atoms with Gasteiger partial charge < -0.3 is 14.4 Å². The number of rotatable bonds is 4. The van der Waals surface area contributed by atoms with Crippen molar-refractivity contribution >= 4 is 5.91 Å². The summed E-state index contributed by atoms with van der Waals surface area (Å²) in [6.07, 6.45) is 4.26. The molecule has 27 heavy (non-hydrogen) atoms. The van der Waals surface area contributed by atoms with E-state index in [0.717, 1.165) is 25.7 Å². The molecule has 1 unspecified atom stereocenters. The summed E-state index contributed by atoms with van der Waals surface area (Å²) >= 11 is 0. The van der Waals surface area contributed by atoms with E-state index < -0.39 is 0 Å². The molecule has 2 aliphatic rings. The number of hydrogen-bond donors (Lipinski definition) is 0. The van der Waals surface area contributed by atoms with Gasteiger partial charge in [0.2, 0.25) is 0 Å². The van der Waals surface area contributed by atoms with Gasteiger partial charge >= 0.3 is 0 Å². The maximum atomic E-state index is 13.4. The van der Waals surface area contributed by atoms with Gasteiger partial charge in [-0.1, -0.05) is 35.9 Å². The normalized spacial score (nSPS) is 24.0. The lowest BCUT2D eigenvalue weighted by Crippen LogP contribution is -2.46. The zero-order chi connectivity index (χ0) is 19.0. The van der Waals surface area contributed by atoms with Gasteiger partial charge in [0, 0.05) is 12.1 Å². The third-order valence-electron chi connectivity index (χ3n) is 6.15. The summed E-state index contributed by atoms with van der Waals surface area (Å²) in [4.78, 5) is 15.5. The molecule has 0 N–H and O–H groups in total. The molecule has 2 aromatic rings. The van der Waals surface area contributed by atoms with Gasteiger partial charge in [0.05, 0.1) is 19.8 Å². The molecule has 0 aromatic heterocycles. The molecule has 4 rings (SSSR count). The number of amides is 1. The first-order chi connectivity index (χ1) is 13.1. The van der Waals surface area contributed by atoms with Crippen LogP contribution in [0.5, 0.6) is 11.5 Å². The second-order valence-corrected chi connectivity index (χ2v) is 7.72. The topological polar surface area (TPSA) is 38.8 Å². The average Bonchev–Trinajstić information content (AvgIpc) is 2.96. The first kappa shape index (κ1) is 17.9. The number of para-hydroxylation sites is 1. The van der Waals surface area contributed by atoms with Crippen molar-refractivity contribution in [2.45, 2.75) is 50.6 Å². The minimum absolute atomic E-state index is 0.0700. The van der Waals surface area contributed by atoms with Gasteiger partial charge in [-0.2, -0.15) is 0 Å². The highest BCUT2D eigenvalue weighted by Crippen LogP contribution is 2.44. The van der Waals surface area contributed by atoms with E-state index in [1.807, 2.05) is 18.2 Å². The molecule has 4 heteroatoms. The zero-order valence-electron chi connectivity index (χ0n) is 16.3. The first-order valence-corrected chi connectivity index (χ1v) is 9.72. The third kappa shape index (κ3) is 3.18. The van der Waals surface area contributed by atoms with Crippen molar-refractivity contribution in [1.82, 2.24) is 4.90 Å². The van der Waals surface area contributed by atoms with Gasteiger partial charge in [-0.05, 0) is 56.2 Å². The van der Waals surface area contributed by atoms with Crippen LogP contribution in [0.2, 0.25) is 0 Å². The molecule has 1 amide bonds. The number of aryl methyl sites for hydroxylation is 1. The molecule has 2 aromatic carbocycles. The molecular weight excluding hydrogens is 338 g/mol. The maximum absolute atomic E-state index is 13.4. The Morgan fingerprint density at radius 3 is 2.22 bits per heavy atom. The van der Waals surface area contributed by atoms with Gasteiger partial charge in [-0.25, -0.2) is 0 Å². The lowest BCUT2D eigenvalue weighted by atomic mass is 9.84. The van der Waals surface area contributed by atoms with Crippen molar-refractivity contribution < 1.29 is 14.3 Å². The number of benzene rings is 2. The summed E-state index contributed by atoms with van der Waals surface area (Å²) in [6.45, 7) is 2.12. The summed E-state index contributed by atoms with van der Waals surface area (Å²) in [5.74, 6) is 1.75. The minimum atomic E-state index is 0.0700. The lowest BCUT2D eigenvalue weighted by Gasteiger charge is -2.39. The molecule has 2 heterocycles. The number of piperidine rings is 1. The Hall–Kier alpha value is -2.49. The number of methoxy groups -OCH3 is 2. The number of ether oxygens (including phenoxy) is 2.